The zero-order valence-electron chi connectivity index (χ0n) is 9.91. The molecule has 2 bridgehead atoms. The summed E-state index contributed by atoms with van der Waals surface area (Å²) >= 11 is 0. The van der Waals surface area contributed by atoms with E-state index < -0.39 is 0 Å². The SMILES string of the molecule is CNC1CC2CCC(C1)N2CCC1CC1. The van der Waals surface area contributed by atoms with E-state index in [0.29, 0.717) is 0 Å². The van der Waals surface area contributed by atoms with E-state index >= 15 is 0 Å². The van der Waals surface area contributed by atoms with E-state index in [-0.39, 0.29) is 0 Å². The van der Waals surface area contributed by atoms with Crippen LogP contribution in [0, 0.1) is 5.92 Å². The summed E-state index contributed by atoms with van der Waals surface area (Å²) in [4.78, 5) is 2.84. The highest BCUT2D eigenvalue weighted by Crippen LogP contribution is 2.38. The summed E-state index contributed by atoms with van der Waals surface area (Å²) in [6.07, 6.45) is 10.2. The van der Waals surface area contributed by atoms with Crippen LogP contribution in [-0.4, -0.2) is 36.6 Å². The van der Waals surface area contributed by atoms with Gasteiger partial charge in [-0.25, -0.2) is 0 Å². The molecule has 0 aromatic heterocycles. The predicted octanol–water partition coefficient (Wildman–Crippen LogP) is 2.00. The molecule has 2 unspecified atom stereocenters. The summed E-state index contributed by atoms with van der Waals surface area (Å²) in [7, 11) is 2.13. The van der Waals surface area contributed by atoms with Crippen molar-refractivity contribution in [2.75, 3.05) is 13.6 Å². The van der Waals surface area contributed by atoms with E-state index in [0.717, 1.165) is 24.0 Å². The maximum atomic E-state index is 3.48. The monoisotopic (exact) mass is 208 g/mol. The minimum atomic E-state index is 0.805. The Morgan fingerprint density at radius 2 is 1.73 bits per heavy atom. The van der Waals surface area contributed by atoms with Gasteiger partial charge in [0.25, 0.3) is 0 Å². The van der Waals surface area contributed by atoms with Crippen molar-refractivity contribution in [1.29, 1.82) is 0 Å². The lowest BCUT2D eigenvalue weighted by Gasteiger charge is -2.39. The Morgan fingerprint density at radius 3 is 2.27 bits per heavy atom. The molecule has 2 heterocycles. The zero-order valence-corrected chi connectivity index (χ0v) is 9.91. The Kier molecular flexibility index (Phi) is 2.73. The molecule has 0 amide bonds. The van der Waals surface area contributed by atoms with Crippen molar-refractivity contribution in [3.8, 4) is 0 Å². The summed E-state index contributed by atoms with van der Waals surface area (Å²) in [5, 5.41) is 3.48. The van der Waals surface area contributed by atoms with E-state index in [2.05, 4.69) is 17.3 Å². The molecule has 0 aromatic rings. The van der Waals surface area contributed by atoms with E-state index in [1.165, 1.54) is 51.5 Å². The van der Waals surface area contributed by atoms with Crippen LogP contribution in [0.25, 0.3) is 0 Å². The topological polar surface area (TPSA) is 15.3 Å². The summed E-state index contributed by atoms with van der Waals surface area (Å²) in [5.74, 6) is 1.10. The standard InChI is InChI=1S/C13H24N2/c1-14-11-8-12-4-5-13(9-11)15(12)7-6-10-2-3-10/h10-14H,2-9H2,1H3. The molecule has 0 radical (unpaired) electrons. The van der Waals surface area contributed by atoms with E-state index in [9.17, 15) is 0 Å². The van der Waals surface area contributed by atoms with Gasteiger partial charge in [0.15, 0.2) is 0 Å². The van der Waals surface area contributed by atoms with Crippen LogP contribution >= 0.6 is 0 Å². The summed E-state index contributed by atoms with van der Waals surface area (Å²) < 4.78 is 0. The lowest BCUT2D eigenvalue weighted by molar-refractivity contribution is 0.116. The highest BCUT2D eigenvalue weighted by atomic mass is 15.2. The lowest BCUT2D eigenvalue weighted by Crippen LogP contribution is -2.48. The van der Waals surface area contributed by atoms with Gasteiger partial charge in [-0.3, -0.25) is 4.90 Å². The van der Waals surface area contributed by atoms with Gasteiger partial charge in [0.1, 0.15) is 0 Å². The Labute approximate surface area is 93.4 Å². The van der Waals surface area contributed by atoms with Gasteiger partial charge in [-0.15, -0.1) is 0 Å². The fourth-order valence-corrected chi connectivity index (χ4v) is 3.61. The number of nitrogens with zero attached hydrogens (tertiary/aromatic N) is 1. The van der Waals surface area contributed by atoms with Crippen molar-refractivity contribution in [1.82, 2.24) is 10.2 Å². The number of hydrogen-bond donors (Lipinski definition) is 1. The smallest absolute Gasteiger partial charge is 0.0114 e. The predicted molar refractivity (Wildman–Crippen MR) is 62.9 cm³/mol. The Hall–Kier alpha value is -0.0800. The Balaban J connectivity index is 1.55. The summed E-state index contributed by atoms with van der Waals surface area (Å²) in [6, 6.07) is 2.64. The van der Waals surface area contributed by atoms with Crippen molar-refractivity contribution >= 4 is 0 Å². The summed E-state index contributed by atoms with van der Waals surface area (Å²) in [6.45, 7) is 1.40. The van der Waals surface area contributed by atoms with Gasteiger partial charge in [0.2, 0.25) is 0 Å². The highest BCUT2D eigenvalue weighted by molar-refractivity contribution is 4.97. The molecule has 3 fully saturated rings. The van der Waals surface area contributed by atoms with Crippen molar-refractivity contribution in [3.63, 3.8) is 0 Å². The second-order valence-corrected chi connectivity index (χ2v) is 5.81. The van der Waals surface area contributed by atoms with Crippen molar-refractivity contribution in [2.45, 2.75) is 63.1 Å². The molecule has 0 aromatic carbocycles. The molecular weight excluding hydrogens is 184 g/mol. The third-order valence-electron chi connectivity index (χ3n) is 4.79. The average molecular weight is 208 g/mol. The Bertz CT molecular complexity index is 211. The fourth-order valence-electron chi connectivity index (χ4n) is 3.61. The van der Waals surface area contributed by atoms with Crippen LogP contribution in [-0.2, 0) is 0 Å². The van der Waals surface area contributed by atoms with Crippen LogP contribution < -0.4 is 5.32 Å². The molecular formula is C13H24N2. The van der Waals surface area contributed by atoms with Crippen molar-refractivity contribution in [3.05, 3.63) is 0 Å². The molecule has 2 nitrogen and oxygen atoms in total. The minimum Gasteiger partial charge on any atom is -0.317 e. The molecule has 1 N–H and O–H groups in total. The average Bonchev–Trinajstić information content (AvgIpc) is 3.04. The van der Waals surface area contributed by atoms with Crippen LogP contribution in [0.3, 0.4) is 0 Å². The minimum absolute atomic E-state index is 0.805. The van der Waals surface area contributed by atoms with Gasteiger partial charge < -0.3 is 5.32 Å². The third-order valence-corrected chi connectivity index (χ3v) is 4.79. The van der Waals surface area contributed by atoms with Crippen LogP contribution in [0.1, 0.15) is 44.9 Å². The molecule has 1 aliphatic carbocycles. The molecule has 3 rings (SSSR count). The highest BCUT2D eigenvalue weighted by Gasteiger charge is 2.40. The molecule has 3 aliphatic rings. The van der Waals surface area contributed by atoms with E-state index in [4.69, 9.17) is 0 Å². The molecule has 2 aliphatic heterocycles. The number of piperidine rings is 1. The number of hydrogen-bond acceptors (Lipinski definition) is 2. The number of rotatable bonds is 4. The Morgan fingerprint density at radius 1 is 1.07 bits per heavy atom. The third kappa shape index (κ3) is 2.07. The largest absolute Gasteiger partial charge is 0.317 e. The maximum absolute atomic E-state index is 3.48. The van der Waals surface area contributed by atoms with Crippen LogP contribution in [0.5, 0.6) is 0 Å². The molecule has 15 heavy (non-hydrogen) atoms. The first-order chi connectivity index (χ1) is 7.36. The summed E-state index contributed by atoms with van der Waals surface area (Å²) in [5.41, 5.74) is 0. The molecule has 86 valence electrons. The second kappa shape index (κ2) is 4.06. The van der Waals surface area contributed by atoms with Gasteiger partial charge in [0, 0.05) is 18.1 Å². The van der Waals surface area contributed by atoms with E-state index in [1.807, 2.05) is 0 Å². The molecule has 2 heteroatoms. The molecule has 1 saturated carbocycles. The lowest BCUT2D eigenvalue weighted by atomic mass is 9.97. The quantitative estimate of drug-likeness (QED) is 0.760. The van der Waals surface area contributed by atoms with Crippen molar-refractivity contribution in [2.24, 2.45) is 5.92 Å². The van der Waals surface area contributed by atoms with Crippen LogP contribution in [0.4, 0.5) is 0 Å². The van der Waals surface area contributed by atoms with Gasteiger partial charge in [-0.05, 0) is 51.6 Å². The van der Waals surface area contributed by atoms with Gasteiger partial charge >= 0.3 is 0 Å². The van der Waals surface area contributed by atoms with Crippen molar-refractivity contribution < 1.29 is 0 Å². The fraction of sp³-hybridized carbons (Fsp3) is 1.00. The first kappa shape index (κ1) is 10.1. The normalized spacial score (nSPS) is 41.0. The first-order valence-corrected chi connectivity index (χ1v) is 6.80. The number of fused-ring (bicyclic) bond motifs is 2. The molecule has 0 spiro atoms. The van der Waals surface area contributed by atoms with Crippen LogP contribution in [0.2, 0.25) is 0 Å². The van der Waals surface area contributed by atoms with Gasteiger partial charge in [-0.2, -0.15) is 0 Å². The molecule has 2 saturated heterocycles. The number of nitrogens with one attached hydrogen (secondary N) is 1. The molecule has 2 atom stereocenters. The van der Waals surface area contributed by atoms with Gasteiger partial charge in [-0.1, -0.05) is 12.8 Å². The van der Waals surface area contributed by atoms with Gasteiger partial charge in [0.05, 0.1) is 0 Å². The van der Waals surface area contributed by atoms with E-state index in [1.54, 1.807) is 0 Å². The first-order valence-electron chi connectivity index (χ1n) is 6.80. The van der Waals surface area contributed by atoms with Crippen LogP contribution in [0.15, 0.2) is 0 Å². The maximum Gasteiger partial charge on any atom is 0.0114 e. The second-order valence-electron chi connectivity index (χ2n) is 5.81. The zero-order chi connectivity index (χ0) is 10.3.